The number of para-hydroxylation sites is 3. The zero-order valence-corrected chi connectivity index (χ0v) is 34.5. The molecule has 2 heteroatoms. The van der Waals surface area contributed by atoms with Gasteiger partial charge in [0.2, 0.25) is 0 Å². The maximum absolute atomic E-state index is 5.15. The molecule has 2 aliphatic rings. The Hall–Kier alpha value is -8.07. The summed E-state index contributed by atoms with van der Waals surface area (Å²) in [4.78, 5) is 5.15. The van der Waals surface area contributed by atoms with Crippen LogP contribution >= 0.6 is 0 Å². The van der Waals surface area contributed by atoms with Gasteiger partial charge in [-0.25, -0.2) is 4.98 Å². The van der Waals surface area contributed by atoms with Gasteiger partial charge in [0.05, 0.1) is 11.0 Å². The molecule has 10 aromatic carbocycles. The third kappa shape index (κ3) is 5.83. The molecule has 0 spiro atoms. The van der Waals surface area contributed by atoms with Crippen LogP contribution in [0.25, 0.3) is 110 Å². The van der Waals surface area contributed by atoms with Crippen molar-refractivity contribution in [3.8, 4) is 39.3 Å². The summed E-state index contributed by atoms with van der Waals surface area (Å²) < 4.78 is 2.27. The van der Waals surface area contributed by atoms with Crippen LogP contribution in [0.1, 0.15) is 5.56 Å². The average Bonchev–Trinajstić information content (AvgIpc) is 3.75. The largest absolute Gasteiger partial charge is 0.292 e. The summed E-state index contributed by atoms with van der Waals surface area (Å²) in [6.07, 6.45) is 16.2. The van der Waals surface area contributed by atoms with Crippen LogP contribution < -0.4 is 0 Å². The normalized spacial score (nSPS) is 15.8. The molecule has 13 rings (SSSR count). The fourth-order valence-electron chi connectivity index (χ4n) is 10.4. The van der Waals surface area contributed by atoms with Crippen LogP contribution in [0, 0.1) is 11.8 Å². The van der Waals surface area contributed by atoms with Gasteiger partial charge in [0, 0.05) is 23.1 Å². The number of aromatic nitrogens is 2. The topological polar surface area (TPSA) is 17.8 Å². The van der Waals surface area contributed by atoms with Gasteiger partial charge in [0.15, 0.2) is 0 Å². The Kier molecular flexibility index (Phi) is 8.07. The summed E-state index contributed by atoms with van der Waals surface area (Å²) in [6, 6.07) is 69.1. The van der Waals surface area contributed by atoms with E-state index in [4.69, 9.17) is 4.98 Å². The third-order valence-electron chi connectivity index (χ3n) is 13.4. The minimum Gasteiger partial charge on any atom is -0.292 e. The number of rotatable bonds is 5. The second-order valence-electron chi connectivity index (χ2n) is 17.1. The highest BCUT2D eigenvalue weighted by atomic mass is 15.1. The van der Waals surface area contributed by atoms with Gasteiger partial charge >= 0.3 is 0 Å². The van der Waals surface area contributed by atoms with Gasteiger partial charge in [-0.3, -0.25) is 4.57 Å². The number of benzene rings is 10. The summed E-state index contributed by atoms with van der Waals surface area (Å²) in [6.45, 7) is 0. The molecule has 0 saturated carbocycles. The van der Waals surface area contributed by atoms with Crippen LogP contribution in [0.5, 0.6) is 0 Å². The first-order valence-corrected chi connectivity index (χ1v) is 22.0. The Balaban J connectivity index is 0.968. The van der Waals surface area contributed by atoms with Gasteiger partial charge in [-0.1, -0.05) is 182 Å². The van der Waals surface area contributed by atoms with Gasteiger partial charge in [-0.15, -0.1) is 0 Å². The van der Waals surface area contributed by atoms with E-state index < -0.39 is 0 Å². The van der Waals surface area contributed by atoms with Crippen LogP contribution in [0.3, 0.4) is 0 Å². The predicted octanol–water partition coefficient (Wildman–Crippen LogP) is 16.1. The molecule has 294 valence electrons. The van der Waals surface area contributed by atoms with E-state index in [1.54, 1.807) is 0 Å². The molecule has 0 amide bonds. The van der Waals surface area contributed by atoms with Gasteiger partial charge in [0.1, 0.15) is 5.82 Å². The lowest BCUT2D eigenvalue weighted by molar-refractivity contribution is 0.663. The van der Waals surface area contributed by atoms with Crippen molar-refractivity contribution in [1.82, 2.24) is 9.55 Å². The van der Waals surface area contributed by atoms with Crippen molar-refractivity contribution in [2.75, 3.05) is 0 Å². The minimum atomic E-state index is 0.348. The van der Waals surface area contributed by atoms with Crippen molar-refractivity contribution in [2.24, 2.45) is 11.8 Å². The first-order chi connectivity index (χ1) is 31.2. The standard InChI is InChI=1S/C61H40N2/c1-2-16-50(17-3-1)63-58-21-11-10-20-57(58)62-61(63)49-30-32-52-46(37-49)25-24-45-34-43(28-31-51(45)52)44-29-33-55-56(38-44)60(48-27-23-40-13-5-7-15-42(40)36-48)54-19-9-8-18-53(54)59(55)47-26-22-39-12-4-6-14-41(39)35-47/h1-39,41H. The van der Waals surface area contributed by atoms with Gasteiger partial charge in [0.25, 0.3) is 0 Å². The summed E-state index contributed by atoms with van der Waals surface area (Å²) in [5, 5.41) is 12.5. The number of hydrogen-bond acceptors (Lipinski definition) is 1. The summed E-state index contributed by atoms with van der Waals surface area (Å²) >= 11 is 0. The van der Waals surface area contributed by atoms with Crippen molar-refractivity contribution >= 4 is 70.5 Å². The van der Waals surface area contributed by atoms with E-state index in [0.29, 0.717) is 11.8 Å². The number of hydrogen-bond donors (Lipinski definition) is 0. The van der Waals surface area contributed by atoms with Crippen LogP contribution in [0.2, 0.25) is 0 Å². The molecule has 63 heavy (non-hydrogen) atoms. The molecule has 1 aromatic heterocycles. The highest BCUT2D eigenvalue weighted by Crippen LogP contribution is 2.46. The third-order valence-corrected chi connectivity index (χ3v) is 13.4. The molecule has 11 aromatic rings. The highest BCUT2D eigenvalue weighted by Gasteiger charge is 2.23. The van der Waals surface area contributed by atoms with E-state index >= 15 is 0 Å². The zero-order chi connectivity index (χ0) is 41.4. The highest BCUT2D eigenvalue weighted by molar-refractivity contribution is 6.21. The number of fused-ring (bicyclic) bond motifs is 8. The lowest BCUT2D eigenvalue weighted by Gasteiger charge is -2.25. The van der Waals surface area contributed by atoms with Crippen LogP contribution in [-0.4, -0.2) is 9.55 Å². The maximum Gasteiger partial charge on any atom is 0.145 e. The Bertz CT molecular complexity index is 3800. The molecule has 2 aliphatic carbocycles. The SMILES string of the molecule is C1=CC2C=CC(c3c4ccccc4c(-c4ccc5ccccc5c4)c4cc(-c5ccc6c(ccc7cc(-c8nc9ccccc9n8-c8ccccc8)ccc76)c5)ccc34)=CC2C=C1. The molecule has 1 heterocycles. The van der Waals surface area contributed by atoms with Crippen molar-refractivity contribution in [3.05, 3.63) is 236 Å². The van der Waals surface area contributed by atoms with E-state index in [1.807, 2.05) is 0 Å². The molecule has 0 fully saturated rings. The molecule has 0 aliphatic heterocycles. The average molecular weight is 801 g/mol. The quantitative estimate of drug-likeness (QED) is 0.125. The van der Waals surface area contributed by atoms with Crippen molar-refractivity contribution in [1.29, 1.82) is 0 Å². The fourth-order valence-corrected chi connectivity index (χ4v) is 10.4. The Morgan fingerprint density at radius 1 is 0.381 bits per heavy atom. The lowest BCUT2D eigenvalue weighted by Crippen LogP contribution is -2.11. The molecule has 2 nitrogen and oxygen atoms in total. The van der Waals surface area contributed by atoms with Crippen molar-refractivity contribution in [2.45, 2.75) is 0 Å². The minimum absolute atomic E-state index is 0.348. The predicted molar refractivity (Wildman–Crippen MR) is 267 cm³/mol. The Labute approximate surface area is 365 Å². The Morgan fingerprint density at radius 3 is 1.79 bits per heavy atom. The smallest absolute Gasteiger partial charge is 0.145 e. The van der Waals surface area contributed by atoms with Crippen LogP contribution in [0.4, 0.5) is 0 Å². The summed E-state index contributed by atoms with van der Waals surface area (Å²) in [5.41, 5.74) is 11.8. The van der Waals surface area contributed by atoms with E-state index in [0.717, 1.165) is 28.1 Å². The second-order valence-corrected chi connectivity index (χ2v) is 17.1. The fraction of sp³-hybridized carbons (Fsp3) is 0.0328. The van der Waals surface area contributed by atoms with E-state index in [1.165, 1.54) is 87.3 Å². The summed E-state index contributed by atoms with van der Waals surface area (Å²) in [5.74, 6) is 1.69. The number of nitrogens with zero attached hydrogens (tertiary/aromatic N) is 2. The molecule has 0 bridgehead atoms. The lowest BCUT2D eigenvalue weighted by atomic mass is 9.78. The molecule has 0 N–H and O–H groups in total. The van der Waals surface area contributed by atoms with Crippen LogP contribution in [0.15, 0.2) is 231 Å². The van der Waals surface area contributed by atoms with Gasteiger partial charge in [-0.2, -0.15) is 0 Å². The van der Waals surface area contributed by atoms with Gasteiger partial charge < -0.3 is 0 Å². The second kappa shape index (κ2) is 14.3. The molecular weight excluding hydrogens is 761 g/mol. The molecule has 2 atom stereocenters. The van der Waals surface area contributed by atoms with Gasteiger partial charge in [-0.05, 0) is 136 Å². The molecular formula is C61H40N2. The molecule has 2 unspecified atom stereocenters. The maximum atomic E-state index is 5.15. The number of imidazole rings is 1. The monoisotopic (exact) mass is 800 g/mol. The van der Waals surface area contributed by atoms with E-state index in [2.05, 4.69) is 235 Å². The first-order valence-electron chi connectivity index (χ1n) is 22.0. The van der Waals surface area contributed by atoms with E-state index in [-0.39, 0.29) is 0 Å². The van der Waals surface area contributed by atoms with Crippen molar-refractivity contribution in [3.63, 3.8) is 0 Å². The van der Waals surface area contributed by atoms with Crippen LogP contribution in [-0.2, 0) is 0 Å². The first kappa shape index (κ1) is 35.7. The summed E-state index contributed by atoms with van der Waals surface area (Å²) in [7, 11) is 0. The number of allylic oxidation sites excluding steroid dienone is 8. The van der Waals surface area contributed by atoms with E-state index in [9.17, 15) is 0 Å². The van der Waals surface area contributed by atoms with Crippen molar-refractivity contribution < 1.29 is 0 Å². The zero-order valence-electron chi connectivity index (χ0n) is 34.5. The molecule has 0 radical (unpaired) electrons. The Morgan fingerprint density at radius 2 is 0.968 bits per heavy atom. The molecule has 0 saturated heterocycles.